The third-order valence-corrected chi connectivity index (χ3v) is 6.37. The molecule has 1 aromatic heterocycles. The normalized spacial score (nSPS) is 15.9. The second-order valence-corrected chi connectivity index (χ2v) is 8.52. The Hall–Kier alpha value is -2.82. The van der Waals surface area contributed by atoms with E-state index in [4.69, 9.17) is 0 Å². The molecule has 0 unspecified atom stereocenters. The fraction of sp³-hybridized carbons (Fsp3) is 0.333. The van der Waals surface area contributed by atoms with Crippen molar-refractivity contribution in [3.05, 3.63) is 53.6 Å². The van der Waals surface area contributed by atoms with Crippen LogP contribution in [0, 0.1) is 5.92 Å². The van der Waals surface area contributed by atoms with E-state index in [1.54, 1.807) is 0 Å². The van der Waals surface area contributed by atoms with Crippen molar-refractivity contribution >= 4 is 38.3 Å². The molecule has 0 bridgehead atoms. The zero-order valence-electron chi connectivity index (χ0n) is 16.4. The molecule has 0 aliphatic carbocycles. The number of anilines is 2. The number of thiazole rings is 1. The molecule has 1 aliphatic rings. The molecule has 4 nitrogen and oxygen atoms in total. The zero-order valence-corrected chi connectivity index (χ0v) is 17.2. The molecule has 2 aromatic carbocycles. The smallest absolute Gasteiger partial charge is 0.348 e. The van der Waals surface area contributed by atoms with Crippen LogP contribution in [0.1, 0.15) is 24.0 Å². The molecule has 3 aromatic rings. The minimum absolute atomic E-state index is 0.0339. The predicted molar refractivity (Wildman–Crippen MR) is 110 cm³/mol. The number of nitrogens with one attached hydrogen (secondary N) is 1. The zero-order chi connectivity index (χ0) is 23.1. The van der Waals surface area contributed by atoms with Gasteiger partial charge in [0.05, 0.1) is 21.3 Å². The van der Waals surface area contributed by atoms with Crippen LogP contribution in [0.4, 0.5) is 37.2 Å². The van der Waals surface area contributed by atoms with Gasteiger partial charge in [-0.3, -0.25) is 4.79 Å². The lowest BCUT2D eigenvalue weighted by atomic mass is 9.96. The third kappa shape index (κ3) is 4.82. The molecule has 0 saturated carbocycles. The molecule has 11 heteroatoms. The van der Waals surface area contributed by atoms with Crippen molar-refractivity contribution in [1.29, 1.82) is 0 Å². The monoisotopic (exact) mass is 473 g/mol. The van der Waals surface area contributed by atoms with Crippen LogP contribution in [0.15, 0.2) is 42.5 Å². The SMILES string of the molecule is O=C(Nc1cc(C(F)(F)F)cc(C(F)(F)F)c1)C1CCN(c2nc3ccccc3s2)CC1. The van der Waals surface area contributed by atoms with Crippen molar-refractivity contribution in [3.63, 3.8) is 0 Å². The first-order valence-electron chi connectivity index (χ1n) is 9.71. The number of alkyl halides is 6. The molecule has 1 amide bonds. The van der Waals surface area contributed by atoms with Crippen molar-refractivity contribution < 1.29 is 31.1 Å². The van der Waals surface area contributed by atoms with Crippen LogP contribution in [-0.4, -0.2) is 24.0 Å². The Morgan fingerprint density at radius 3 is 2.12 bits per heavy atom. The lowest BCUT2D eigenvalue weighted by molar-refractivity contribution is -0.143. The Bertz CT molecular complexity index is 1070. The molecule has 170 valence electrons. The first-order chi connectivity index (χ1) is 15.0. The molecule has 32 heavy (non-hydrogen) atoms. The summed E-state index contributed by atoms with van der Waals surface area (Å²) in [5.41, 5.74) is -2.58. The number of rotatable bonds is 3. The van der Waals surface area contributed by atoms with Gasteiger partial charge in [-0.2, -0.15) is 26.3 Å². The van der Waals surface area contributed by atoms with Gasteiger partial charge in [0.2, 0.25) is 5.91 Å². The van der Waals surface area contributed by atoms with E-state index in [1.165, 1.54) is 11.3 Å². The molecule has 1 saturated heterocycles. The summed E-state index contributed by atoms with van der Waals surface area (Å²) >= 11 is 1.52. The van der Waals surface area contributed by atoms with Gasteiger partial charge in [-0.1, -0.05) is 23.5 Å². The van der Waals surface area contributed by atoms with Crippen molar-refractivity contribution in [2.45, 2.75) is 25.2 Å². The molecular formula is C21H17F6N3OS. The van der Waals surface area contributed by atoms with Crippen LogP contribution in [0.3, 0.4) is 0 Å². The molecule has 1 fully saturated rings. The van der Waals surface area contributed by atoms with Gasteiger partial charge in [-0.15, -0.1) is 0 Å². The molecule has 1 N–H and O–H groups in total. The maximum Gasteiger partial charge on any atom is 0.416 e. The summed E-state index contributed by atoms with van der Waals surface area (Å²) in [5, 5.41) is 3.06. The summed E-state index contributed by atoms with van der Waals surface area (Å²) in [7, 11) is 0. The van der Waals surface area contributed by atoms with Gasteiger partial charge in [0, 0.05) is 24.7 Å². The summed E-state index contributed by atoms with van der Waals surface area (Å²) in [6, 6.07) is 8.74. The van der Waals surface area contributed by atoms with Crippen molar-refractivity contribution in [2.75, 3.05) is 23.3 Å². The van der Waals surface area contributed by atoms with E-state index in [9.17, 15) is 31.1 Å². The Morgan fingerprint density at radius 1 is 0.969 bits per heavy atom. The van der Waals surface area contributed by atoms with Gasteiger partial charge >= 0.3 is 12.4 Å². The van der Waals surface area contributed by atoms with E-state index in [0.29, 0.717) is 38.1 Å². The van der Waals surface area contributed by atoms with E-state index < -0.39 is 41.0 Å². The number of piperidine rings is 1. The fourth-order valence-electron chi connectivity index (χ4n) is 3.60. The highest BCUT2D eigenvalue weighted by Crippen LogP contribution is 2.38. The second kappa shape index (κ2) is 8.27. The molecule has 0 spiro atoms. The average molecular weight is 473 g/mol. The Balaban J connectivity index is 1.44. The molecule has 0 radical (unpaired) electrons. The summed E-state index contributed by atoms with van der Waals surface area (Å²) in [6.07, 6.45) is -9.12. The van der Waals surface area contributed by atoms with Crippen LogP contribution < -0.4 is 10.2 Å². The first kappa shape index (κ1) is 22.4. The minimum Gasteiger partial charge on any atom is -0.348 e. The van der Waals surface area contributed by atoms with E-state index in [0.717, 1.165) is 15.3 Å². The number of carbonyl (C=O) groups is 1. The fourth-order valence-corrected chi connectivity index (χ4v) is 4.62. The van der Waals surface area contributed by atoms with Gasteiger partial charge in [0.15, 0.2) is 5.13 Å². The Labute approximate surface area is 182 Å². The predicted octanol–water partition coefficient (Wildman–Crippen LogP) is 6.19. The van der Waals surface area contributed by atoms with Gasteiger partial charge in [-0.25, -0.2) is 4.98 Å². The van der Waals surface area contributed by atoms with Crippen molar-refractivity contribution in [1.82, 2.24) is 4.98 Å². The van der Waals surface area contributed by atoms with Gasteiger partial charge in [0.25, 0.3) is 0 Å². The average Bonchev–Trinajstić information content (AvgIpc) is 3.16. The first-order valence-corrected chi connectivity index (χ1v) is 10.5. The van der Waals surface area contributed by atoms with E-state index in [1.807, 2.05) is 29.2 Å². The van der Waals surface area contributed by atoms with E-state index >= 15 is 0 Å². The Kier molecular flexibility index (Phi) is 5.78. The van der Waals surface area contributed by atoms with Crippen LogP contribution in [0.2, 0.25) is 0 Å². The highest BCUT2D eigenvalue weighted by molar-refractivity contribution is 7.22. The molecule has 1 aliphatic heterocycles. The molecule has 2 heterocycles. The van der Waals surface area contributed by atoms with Crippen molar-refractivity contribution in [2.24, 2.45) is 5.92 Å². The number of fused-ring (bicyclic) bond motifs is 1. The summed E-state index contributed by atoms with van der Waals surface area (Å²) in [4.78, 5) is 19.2. The van der Waals surface area contributed by atoms with Crippen molar-refractivity contribution in [3.8, 4) is 0 Å². The van der Waals surface area contributed by atoms with Gasteiger partial charge < -0.3 is 10.2 Å². The summed E-state index contributed by atoms with van der Waals surface area (Å²) in [5.74, 6) is -1.12. The number of nitrogens with zero attached hydrogens (tertiary/aromatic N) is 2. The lowest BCUT2D eigenvalue weighted by Crippen LogP contribution is -2.38. The van der Waals surface area contributed by atoms with Gasteiger partial charge in [-0.05, 0) is 43.2 Å². The third-order valence-electron chi connectivity index (χ3n) is 5.27. The Morgan fingerprint density at radius 2 is 1.56 bits per heavy atom. The number of amides is 1. The number of hydrogen-bond donors (Lipinski definition) is 1. The summed E-state index contributed by atoms with van der Waals surface area (Å²) in [6.45, 7) is 1.02. The molecule has 4 rings (SSSR count). The minimum atomic E-state index is -4.97. The van der Waals surface area contributed by atoms with Crippen LogP contribution in [0.5, 0.6) is 0 Å². The lowest BCUT2D eigenvalue weighted by Gasteiger charge is -2.31. The van der Waals surface area contributed by atoms with E-state index in [2.05, 4.69) is 10.3 Å². The quantitative estimate of drug-likeness (QED) is 0.462. The second-order valence-electron chi connectivity index (χ2n) is 7.51. The van der Waals surface area contributed by atoms with Crippen LogP contribution in [0.25, 0.3) is 10.2 Å². The number of para-hydroxylation sites is 1. The maximum absolute atomic E-state index is 13.0. The van der Waals surface area contributed by atoms with E-state index in [-0.39, 0.29) is 6.07 Å². The number of hydrogen-bond acceptors (Lipinski definition) is 4. The number of aromatic nitrogens is 1. The standard InChI is InChI=1S/C21H17F6N3OS/c22-20(23,24)13-9-14(21(25,26)27)11-15(10-13)28-18(31)12-5-7-30(8-6-12)19-29-16-3-1-2-4-17(16)32-19/h1-4,9-12H,5-8H2,(H,28,31). The molecule has 0 atom stereocenters. The van der Waals surface area contributed by atoms with Gasteiger partial charge in [0.1, 0.15) is 0 Å². The highest BCUT2D eigenvalue weighted by atomic mass is 32.1. The number of benzene rings is 2. The van der Waals surface area contributed by atoms with Crippen LogP contribution in [-0.2, 0) is 17.1 Å². The summed E-state index contributed by atoms with van der Waals surface area (Å²) < 4.78 is 79.1. The molecular weight excluding hydrogens is 456 g/mol. The highest BCUT2D eigenvalue weighted by Gasteiger charge is 2.37. The topological polar surface area (TPSA) is 45.2 Å². The van der Waals surface area contributed by atoms with Crippen LogP contribution >= 0.6 is 11.3 Å². The largest absolute Gasteiger partial charge is 0.416 e. The number of carbonyl (C=O) groups excluding carboxylic acids is 1. The number of halogens is 6. The maximum atomic E-state index is 13.0.